The summed E-state index contributed by atoms with van der Waals surface area (Å²) in [6, 6.07) is 20.2. The van der Waals surface area contributed by atoms with E-state index in [2.05, 4.69) is 15.1 Å². The lowest BCUT2D eigenvalue weighted by atomic mass is 10.1. The van der Waals surface area contributed by atoms with Gasteiger partial charge in [0.15, 0.2) is 11.5 Å². The molecule has 0 radical (unpaired) electrons. The Morgan fingerprint density at radius 2 is 1.52 bits per heavy atom. The number of halogens is 6. The van der Waals surface area contributed by atoms with E-state index < -0.39 is 35.3 Å². The standard InChI is InChI=1S/C29H18F6N4O3/c30-28(31,32)24-13-12-19(14-36-24)18-10-8-17(9-11-18)16-42-23-6-2-1-4-20(23)22-5-3-7-25(38-22)39-26(29(33,34)35)21(15-37-39)27(40)41/h1-15H,16H2,(H,40,41). The highest BCUT2D eigenvalue weighted by Crippen LogP contribution is 2.35. The summed E-state index contributed by atoms with van der Waals surface area (Å²) < 4.78 is 85.8. The van der Waals surface area contributed by atoms with E-state index in [0.29, 0.717) is 33.3 Å². The lowest BCUT2D eigenvalue weighted by Crippen LogP contribution is -2.18. The molecule has 3 aromatic heterocycles. The predicted octanol–water partition coefficient (Wildman–Crippen LogP) is 7.31. The van der Waals surface area contributed by atoms with Crippen LogP contribution in [0.5, 0.6) is 5.75 Å². The van der Waals surface area contributed by atoms with Gasteiger partial charge in [-0.05, 0) is 41.5 Å². The van der Waals surface area contributed by atoms with E-state index in [4.69, 9.17) is 4.74 Å². The minimum atomic E-state index is -5.00. The van der Waals surface area contributed by atoms with Crippen molar-refractivity contribution in [3.05, 3.63) is 114 Å². The molecule has 0 bridgehead atoms. The summed E-state index contributed by atoms with van der Waals surface area (Å²) in [6.07, 6.45) is -7.76. The summed E-state index contributed by atoms with van der Waals surface area (Å²) in [4.78, 5) is 19.1. The lowest BCUT2D eigenvalue weighted by molar-refractivity contribution is -0.143. The van der Waals surface area contributed by atoms with Crippen molar-refractivity contribution in [2.75, 3.05) is 0 Å². The Balaban J connectivity index is 1.36. The number of para-hydroxylation sites is 1. The van der Waals surface area contributed by atoms with E-state index >= 15 is 0 Å². The molecule has 214 valence electrons. The minimum absolute atomic E-state index is 0.0988. The van der Waals surface area contributed by atoms with Crippen LogP contribution >= 0.6 is 0 Å². The third-order valence-electron chi connectivity index (χ3n) is 6.12. The maximum Gasteiger partial charge on any atom is 0.434 e. The summed E-state index contributed by atoms with van der Waals surface area (Å²) in [7, 11) is 0. The number of hydrogen-bond acceptors (Lipinski definition) is 5. The molecule has 0 fully saturated rings. The topological polar surface area (TPSA) is 90.1 Å². The minimum Gasteiger partial charge on any atom is -0.488 e. The molecule has 0 spiro atoms. The molecule has 42 heavy (non-hydrogen) atoms. The van der Waals surface area contributed by atoms with Crippen molar-refractivity contribution in [1.82, 2.24) is 19.7 Å². The summed E-state index contributed by atoms with van der Waals surface area (Å²) in [5, 5.41) is 12.8. The van der Waals surface area contributed by atoms with Gasteiger partial charge in [0.1, 0.15) is 23.6 Å². The van der Waals surface area contributed by atoms with Gasteiger partial charge in [-0.1, -0.05) is 48.5 Å². The van der Waals surface area contributed by atoms with E-state index in [-0.39, 0.29) is 18.1 Å². The number of aromatic nitrogens is 4. The van der Waals surface area contributed by atoms with E-state index in [1.807, 2.05) is 0 Å². The Hall–Kier alpha value is -5.20. The van der Waals surface area contributed by atoms with Crippen LogP contribution in [0.2, 0.25) is 0 Å². The van der Waals surface area contributed by atoms with Crippen molar-refractivity contribution < 1.29 is 41.0 Å². The first-order valence-corrected chi connectivity index (χ1v) is 12.1. The highest BCUT2D eigenvalue weighted by Gasteiger charge is 2.41. The van der Waals surface area contributed by atoms with Gasteiger partial charge in [-0.3, -0.25) is 4.98 Å². The number of carboxylic acids is 1. The zero-order valence-corrected chi connectivity index (χ0v) is 21.2. The largest absolute Gasteiger partial charge is 0.488 e. The summed E-state index contributed by atoms with van der Waals surface area (Å²) >= 11 is 0. The lowest BCUT2D eigenvalue weighted by Gasteiger charge is -2.14. The molecular weight excluding hydrogens is 566 g/mol. The van der Waals surface area contributed by atoms with E-state index in [0.717, 1.165) is 17.8 Å². The fourth-order valence-corrected chi connectivity index (χ4v) is 4.13. The molecule has 2 aromatic carbocycles. The van der Waals surface area contributed by atoms with Crippen molar-refractivity contribution in [2.24, 2.45) is 0 Å². The van der Waals surface area contributed by atoms with Crippen LogP contribution in [0.15, 0.2) is 91.3 Å². The van der Waals surface area contributed by atoms with Crippen LogP contribution in [-0.2, 0) is 19.0 Å². The molecule has 0 amide bonds. The third kappa shape index (κ3) is 5.94. The summed E-state index contributed by atoms with van der Waals surface area (Å²) in [5.41, 5.74) is -0.816. The molecule has 0 aliphatic heterocycles. The van der Waals surface area contributed by atoms with Gasteiger partial charge in [-0.2, -0.15) is 31.4 Å². The second-order valence-corrected chi connectivity index (χ2v) is 8.91. The van der Waals surface area contributed by atoms with Gasteiger partial charge in [0.2, 0.25) is 0 Å². The van der Waals surface area contributed by atoms with Gasteiger partial charge in [-0.25, -0.2) is 14.5 Å². The molecule has 5 rings (SSSR count). The highest BCUT2D eigenvalue weighted by molar-refractivity contribution is 5.89. The van der Waals surface area contributed by atoms with Gasteiger partial charge < -0.3 is 9.84 Å². The first-order chi connectivity index (χ1) is 19.9. The number of ether oxygens (including phenoxy) is 1. The maximum absolute atomic E-state index is 13.7. The third-order valence-corrected chi connectivity index (χ3v) is 6.12. The van der Waals surface area contributed by atoms with E-state index in [1.165, 1.54) is 18.2 Å². The molecule has 7 nitrogen and oxygen atoms in total. The van der Waals surface area contributed by atoms with Crippen molar-refractivity contribution in [2.45, 2.75) is 19.0 Å². The first-order valence-electron chi connectivity index (χ1n) is 12.1. The van der Waals surface area contributed by atoms with Gasteiger partial charge >= 0.3 is 18.3 Å². The number of carboxylic acid groups (broad SMARTS) is 1. The van der Waals surface area contributed by atoms with Crippen molar-refractivity contribution in [1.29, 1.82) is 0 Å². The fourth-order valence-electron chi connectivity index (χ4n) is 4.13. The Morgan fingerprint density at radius 3 is 2.17 bits per heavy atom. The summed E-state index contributed by atoms with van der Waals surface area (Å²) in [6.45, 7) is 0.0988. The number of carbonyl (C=O) groups is 1. The molecule has 0 saturated carbocycles. The number of aromatic carboxylic acids is 1. The average molecular weight is 584 g/mol. The first kappa shape index (κ1) is 28.3. The molecule has 0 atom stereocenters. The SMILES string of the molecule is O=C(O)c1cnn(-c2cccc(-c3ccccc3OCc3ccc(-c4ccc(C(F)(F)F)nc4)cc3)n2)c1C(F)(F)F. The molecule has 3 heterocycles. The Kier molecular flexibility index (Phi) is 7.42. The van der Waals surface area contributed by atoms with Gasteiger partial charge in [0, 0.05) is 17.3 Å². The van der Waals surface area contributed by atoms with Crippen LogP contribution in [0, 0.1) is 0 Å². The van der Waals surface area contributed by atoms with Crippen LogP contribution in [0.4, 0.5) is 26.3 Å². The molecule has 0 aliphatic rings. The molecule has 5 aromatic rings. The number of rotatable bonds is 7. The zero-order chi connectivity index (χ0) is 30.1. The van der Waals surface area contributed by atoms with Gasteiger partial charge in [0.05, 0.1) is 11.9 Å². The number of pyridine rings is 2. The Morgan fingerprint density at radius 1 is 0.810 bits per heavy atom. The van der Waals surface area contributed by atoms with E-state index in [1.54, 1.807) is 54.6 Å². The molecule has 1 N–H and O–H groups in total. The smallest absolute Gasteiger partial charge is 0.434 e. The van der Waals surface area contributed by atoms with Crippen LogP contribution in [0.25, 0.3) is 28.2 Å². The zero-order valence-electron chi connectivity index (χ0n) is 21.2. The Labute approximate surface area is 233 Å². The van der Waals surface area contributed by atoms with Crippen LogP contribution in [-0.4, -0.2) is 30.8 Å². The normalized spacial score (nSPS) is 11.9. The maximum atomic E-state index is 13.7. The number of benzene rings is 2. The van der Waals surface area contributed by atoms with E-state index in [9.17, 15) is 36.2 Å². The monoisotopic (exact) mass is 584 g/mol. The van der Waals surface area contributed by atoms with Gasteiger partial charge in [-0.15, -0.1) is 0 Å². The van der Waals surface area contributed by atoms with Crippen LogP contribution in [0.1, 0.15) is 27.3 Å². The van der Waals surface area contributed by atoms with Gasteiger partial charge in [0.25, 0.3) is 0 Å². The highest BCUT2D eigenvalue weighted by atomic mass is 19.4. The van der Waals surface area contributed by atoms with Crippen LogP contribution < -0.4 is 4.74 Å². The average Bonchev–Trinajstić information content (AvgIpc) is 3.43. The molecule has 0 unspecified atom stereocenters. The second-order valence-electron chi connectivity index (χ2n) is 8.91. The summed E-state index contributed by atoms with van der Waals surface area (Å²) in [5.74, 6) is -1.64. The molecular formula is C29H18F6N4O3. The predicted molar refractivity (Wildman–Crippen MR) is 138 cm³/mol. The van der Waals surface area contributed by atoms with Crippen LogP contribution in [0.3, 0.4) is 0 Å². The Bertz CT molecular complexity index is 1730. The second kappa shape index (κ2) is 11.0. The van der Waals surface area contributed by atoms with Crippen molar-refractivity contribution >= 4 is 5.97 Å². The van der Waals surface area contributed by atoms with Crippen molar-refractivity contribution in [3.63, 3.8) is 0 Å². The fraction of sp³-hybridized carbons (Fsp3) is 0.103. The molecule has 0 aliphatic carbocycles. The number of hydrogen-bond donors (Lipinski definition) is 1. The number of nitrogens with zero attached hydrogens (tertiary/aromatic N) is 4. The molecule has 0 saturated heterocycles. The van der Waals surface area contributed by atoms with Crippen molar-refractivity contribution in [3.8, 4) is 34.0 Å². The quantitative estimate of drug-likeness (QED) is 0.202. The number of alkyl halides is 6. The molecule has 13 heteroatoms.